The van der Waals surface area contributed by atoms with Gasteiger partial charge in [-0.25, -0.2) is 27.2 Å². The Morgan fingerprint density at radius 2 is 1.85 bits per heavy atom. The number of rotatable bonds is 5. The molecular formula is C26H26N8O4S2. The van der Waals surface area contributed by atoms with E-state index < -0.39 is 10.0 Å². The maximum atomic E-state index is 13.4. The minimum Gasteiger partial charge on any atom is -0.466 e. The lowest BCUT2D eigenvalue weighted by Gasteiger charge is -2.21. The maximum absolute atomic E-state index is 13.4. The Morgan fingerprint density at radius 3 is 2.55 bits per heavy atom. The molecule has 0 spiro atoms. The van der Waals surface area contributed by atoms with E-state index in [1.54, 1.807) is 42.7 Å². The van der Waals surface area contributed by atoms with E-state index in [1.165, 1.54) is 11.1 Å². The van der Waals surface area contributed by atoms with Gasteiger partial charge in [0, 0.05) is 42.2 Å². The molecule has 1 aliphatic heterocycles. The molecule has 2 amide bonds. The molecule has 1 N–H and O–H groups in total. The second kappa shape index (κ2) is 9.27. The van der Waals surface area contributed by atoms with Crippen LogP contribution in [0.5, 0.6) is 6.01 Å². The SMILES string of the molecule is COc1nsc(NC(=O)N2C[C@H]3CC(n4c(C)nc5cnc6c(ccn6S(=O)(=O)c6ccccc6)c54)C[C@H]3C2)n1. The molecule has 4 aromatic heterocycles. The Kier molecular flexibility index (Phi) is 5.78. The summed E-state index contributed by atoms with van der Waals surface area (Å²) in [6, 6.07) is 10.4. The summed E-state index contributed by atoms with van der Waals surface area (Å²) in [4.78, 5) is 28.3. The second-order valence-electron chi connectivity index (χ2n) is 10.3. The van der Waals surface area contributed by atoms with Crippen molar-refractivity contribution in [3.63, 3.8) is 0 Å². The van der Waals surface area contributed by atoms with E-state index >= 15 is 0 Å². The van der Waals surface area contributed by atoms with Crippen LogP contribution in [0.4, 0.5) is 9.93 Å². The molecule has 2 fully saturated rings. The normalized spacial score (nSPS) is 20.9. The molecule has 0 bridgehead atoms. The monoisotopic (exact) mass is 578 g/mol. The molecule has 1 aromatic carbocycles. The van der Waals surface area contributed by atoms with E-state index in [1.807, 2.05) is 17.9 Å². The number of fused-ring (bicyclic) bond motifs is 4. The number of nitrogens with one attached hydrogen (secondary N) is 1. The number of nitrogens with zero attached hydrogens (tertiary/aromatic N) is 7. The number of benzene rings is 1. The first kappa shape index (κ1) is 25.0. The van der Waals surface area contributed by atoms with Crippen LogP contribution in [0.1, 0.15) is 24.7 Å². The number of aryl methyl sites for hydroxylation is 1. The third-order valence-corrected chi connectivity index (χ3v) is 10.3. The van der Waals surface area contributed by atoms with Crippen LogP contribution in [-0.2, 0) is 10.0 Å². The number of hydrogen-bond donors (Lipinski definition) is 1. The molecule has 40 heavy (non-hydrogen) atoms. The van der Waals surface area contributed by atoms with Crippen LogP contribution in [0.2, 0.25) is 0 Å². The summed E-state index contributed by atoms with van der Waals surface area (Å²) in [7, 11) is -2.31. The first-order chi connectivity index (χ1) is 19.3. The third-order valence-electron chi connectivity index (χ3n) is 7.99. The molecule has 1 unspecified atom stereocenters. The number of amides is 2. The summed E-state index contributed by atoms with van der Waals surface area (Å²) in [6.45, 7) is 3.31. The fraction of sp³-hybridized carbons (Fsp3) is 0.346. The van der Waals surface area contributed by atoms with Crippen molar-refractivity contribution >= 4 is 54.8 Å². The lowest BCUT2D eigenvalue weighted by molar-refractivity contribution is 0.217. The Hall–Kier alpha value is -4.04. The molecule has 5 aromatic rings. The number of methoxy groups -OCH3 is 1. The number of imidazole rings is 1. The van der Waals surface area contributed by atoms with Crippen LogP contribution in [-0.4, -0.2) is 67.4 Å². The van der Waals surface area contributed by atoms with E-state index in [0.29, 0.717) is 35.7 Å². The molecule has 1 saturated carbocycles. The largest absolute Gasteiger partial charge is 0.466 e. The lowest BCUT2D eigenvalue weighted by atomic mass is 10.0. The zero-order valence-corrected chi connectivity index (χ0v) is 23.4. The predicted octanol–water partition coefficient (Wildman–Crippen LogP) is 3.91. The molecule has 0 radical (unpaired) electrons. The minimum absolute atomic E-state index is 0.178. The van der Waals surface area contributed by atoms with Gasteiger partial charge in [-0.05, 0) is 49.8 Å². The standard InChI is InChI=1S/C26H26N8O4S2/c1-15-28-21-12-27-23-20(8-9-33(23)40(36,37)19-6-4-3-5-7-19)22(21)34(15)18-10-16-13-32(14-17(16)11-18)26(35)30-25-29-24(38-2)31-39-25/h3-9,12,16-18H,10-11,13-14H2,1-2H3,(H,29,30,31,35)/t16-,17+,18?. The number of likely N-dealkylation sites (tertiary alicyclic amines) is 1. The molecule has 5 heterocycles. The number of carbonyl (C=O) groups is 1. The van der Waals surface area contributed by atoms with Crippen LogP contribution in [0, 0.1) is 18.8 Å². The van der Waals surface area contributed by atoms with Gasteiger partial charge >= 0.3 is 12.0 Å². The van der Waals surface area contributed by atoms with Crippen molar-refractivity contribution in [2.45, 2.75) is 30.7 Å². The number of carbonyl (C=O) groups excluding carboxylic acids is 1. The van der Waals surface area contributed by atoms with Crippen molar-refractivity contribution < 1.29 is 17.9 Å². The topological polar surface area (TPSA) is 137 Å². The molecule has 14 heteroatoms. The van der Waals surface area contributed by atoms with Crippen molar-refractivity contribution in [1.82, 2.24) is 32.8 Å². The average Bonchev–Trinajstić information content (AvgIpc) is 3.75. The van der Waals surface area contributed by atoms with E-state index in [0.717, 1.165) is 46.6 Å². The van der Waals surface area contributed by atoms with E-state index in [2.05, 4.69) is 24.2 Å². The van der Waals surface area contributed by atoms with Crippen molar-refractivity contribution in [3.8, 4) is 6.01 Å². The fourth-order valence-corrected chi connectivity index (χ4v) is 8.12. The second-order valence-corrected chi connectivity index (χ2v) is 12.8. The molecule has 1 saturated heterocycles. The molecule has 206 valence electrons. The minimum atomic E-state index is -3.80. The van der Waals surface area contributed by atoms with Crippen LogP contribution in [0.15, 0.2) is 53.7 Å². The van der Waals surface area contributed by atoms with Gasteiger partial charge < -0.3 is 14.2 Å². The Morgan fingerprint density at radius 1 is 1.10 bits per heavy atom. The van der Waals surface area contributed by atoms with Crippen molar-refractivity contribution in [2.75, 3.05) is 25.5 Å². The number of urea groups is 1. The number of hydrogen-bond acceptors (Lipinski definition) is 9. The third kappa shape index (κ3) is 3.92. The van der Waals surface area contributed by atoms with Gasteiger partial charge in [0.05, 0.1) is 23.7 Å². The van der Waals surface area contributed by atoms with Gasteiger partial charge in [-0.15, -0.1) is 4.37 Å². The first-order valence-electron chi connectivity index (χ1n) is 12.9. The first-order valence-corrected chi connectivity index (χ1v) is 15.1. The van der Waals surface area contributed by atoms with Crippen LogP contribution >= 0.6 is 11.5 Å². The smallest absolute Gasteiger partial charge is 0.329 e. The van der Waals surface area contributed by atoms with Gasteiger partial charge in [0.15, 0.2) is 5.65 Å². The van der Waals surface area contributed by atoms with Gasteiger partial charge in [-0.2, -0.15) is 4.98 Å². The van der Waals surface area contributed by atoms with Gasteiger partial charge in [0.2, 0.25) is 5.13 Å². The molecule has 12 nitrogen and oxygen atoms in total. The van der Waals surface area contributed by atoms with Crippen molar-refractivity contribution in [1.29, 1.82) is 0 Å². The molecule has 2 aliphatic rings. The summed E-state index contributed by atoms with van der Waals surface area (Å²) < 4.78 is 39.3. The quantitative estimate of drug-likeness (QED) is 0.332. The predicted molar refractivity (Wildman–Crippen MR) is 149 cm³/mol. The summed E-state index contributed by atoms with van der Waals surface area (Å²) >= 11 is 1.09. The van der Waals surface area contributed by atoms with E-state index in [4.69, 9.17) is 9.72 Å². The average molecular weight is 579 g/mol. The fourth-order valence-electron chi connectivity index (χ4n) is 6.27. The van der Waals surface area contributed by atoms with Crippen LogP contribution < -0.4 is 10.1 Å². The molecular weight excluding hydrogens is 552 g/mol. The molecule has 7 rings (SSSR count). The highest BCUT2D eigenvalue weighted by Gasteiger charge is 2.44. The van der Waals surface area contributed by atoms with Gasteiger partial charge in [-0.1, -0.05) is 18.2 Å². The number of ether oxygens (including phenoxy) is 1. The van der Waals surface area contributed by atoms with Crippen molar-refractivity contribution in [2.24, 2.45) is 11.8 Å². The summed E-state index contributed by atoms with van der Waals surface area (Å²) in [5, 5.41) is 3.99. The highest BCUT2D eigenvalue weighted by atomic mass is 32.2. The zero-order chi connectivity index (χ0) is 27.6. The highest BCUT2D eigenvalue weighted by Crippen LogP contribution is 2.46. The summed E-state index contributed by atoms with van der Waals surface area (Å²) in [5.41, 5.74) is 2.02. The Bertz CT molecular complexity index is 1850. The van der Waals surface area contributed by atoms with E-state index in [9.17, 15) is 13.2 Å². The van der Waals surface area contributed by atoms with E-state index in [-0.39, 0.29) is 23.0 Å². The van der Waals surface area contributed by atoms with Crippen LogP contribution in [0.3, 0.4) is 0 Å². The number of pyridine rings is 1. The Balaban J connectivity index is 1.16. The lowest BCUT2D eigenvalue weighted by Crippen LogP contribution is -2.34. The summed E-state index contributed by atoms with van der Waals surface area (Å²) in [5.74, 6) is 1.58. The molecule has 3 atom stereocenters. The highest BCUT2D eigenvalue weighted by molar-refractivity contribution is 7.90. The van der Waals surface area contributed by atoms with Gasteiger partial charge in [-0.3, -0.25) is 5.32 Å². The van der Waals surface area contributed by atoms with Gasteiger partial charge in [0.1, 0.15) is 11.3 Å². The van der Waals surface area contributed by atoms with Crippen molar-refractivity contribution in [3.05, 3.63) is 54.6 Å². The maximum Gasteiger partial charge on any atom is 0.329 e. The summed E-state index contributed by atoms with van der Waals surface area (Å²) in [6.07, 6.45) is 5.03. The Labute approximate surface area is 233 Å². The zero-order valence-electron chi connectivity index (χ0n) is 21.8. The number of anilines is 1. The number of aromatic nitrogens is 6. The van der Waals surface area contributed by atoms with Gasteiger partial charge in [0.25, 0.3) is 10.0 Å². The molecule has 1 aliphatic carbocycles. The van der Waals surface area contributed by atoms with Crippen LogP contribution in [0.25, 0.3) is 22.1 Å².